The van der Waals surface area contributed by atoms with Gasteiger partial charge in [0.15, 0.2) is 0 Å². The Bertz CT molecular complexity index is 501. The summed E-state index contributed by atoms with van der Waals surface area (Å²) in [6.07, 6.45) is 0.581. The lowest BCUT2D eigenvalue weighted by Crippen LogP contribution is -2.27. The van der Waals surface area contributed by atoms with Gasteiger partial charge in [-0.15, -0.1) is 0 Å². The van der Waals surface area contributed by atoms with Gasteiger partial charge in [-0.1, -0.05) is 60.7 Å². The predicted molar refractivity (Wildman–Crippen MR) is 76.4 cm³/mol. The second-order valence-corrected chi connectivity index (χ2v) is 5.29. The van der Waals surface area contributed by atoms with Crippen molar-refractivity contribution in [1.29, 1.82) is 0 Å². The van der Waals surface area contributed by atoms with Crippen LogP contribution >= 0.6 is 8.60 Å². The lowest BCUT2D eigenvalue weighted by molar-refractivity contribution is 0.0702. The molecule has 0 aromatic heterocycles. The van der Waals surface area contributed by atoms with Crippen molar-refractivity contribution in [1.82, 2.24) is 0 Å². The average Bonchev–Trinajstić information content (AvgIpc) is 2.40. The van der Waals surface area contributed by atoms with Crippen LogP contribution in [0.15, 0.2) is 60.7 Å². The minimum absolute atomic E-state index is 0.581. The second-order valence-electron chi connectivity index (χ2n) is 4.60. The minimum Gasteiger partial charge on any atom is -0.328 e. The molecule has 0 fully saturated rings. The monoisotopic (exact) mass is 276 g/mol. The van der Waals surface area contributed by atoms with Gasteiger partial charge in [0.2, 0.25) is 0 Å². The van der Waals surface area contributed by atoms with Crippen molar-refractivity contribution in [2.75, 3.05) is 0 Å². The van der Waals surface area contributed by atoms with Crippen LogP contribution in [0.1, 0.15) is 18.1 Å². The zero-order valence-electron chi connectivity index (χ0n) is 10.7. The van der Waals surface area contributed by atoms with E-state index in [-0.39, 0.29) is 0 Å². The molecule has 0 spiro atoms. The van der Waals surface area contributed by atoms with Crippen molar-refractivity contribution >= 4 is 8.60 Å². The third-order valence-electron chi connectivity index (χ3n) is 3.05. The van der Waals surface area contributed by atoms with Gasteiger partial charge in [0, 0.05) is 6.42 Å². The summed E-state index contributed by atoms with van der Waals surface area (Å²) in [6, 6.07) is 19.5. The summed E-state index contributed by atoms with van der Waals surface area (Å²) in [4.78, 5) is 18.5. The van der Waals surface area contributed by atoms with Crippen LogP contribution in [0, 0.1) is 0 Å². The molecule has 4 heteroatoms. The van der Waals surface area contributed by atoms with Crippen LogP contribution in [0.2, 0.25) is 0 Å². The number of hydrogen-bond donors (Lipinski definition) is 2. The van der Waals surface area contributed by atoms with E-state index in [9.17, 15) is 9.79 Å². The Labute approximate surface area is 114 Å². The van der Waals surface area contributed by atoms with Gasteiger partial charge in [0.1, 0.15) is 5.60 Å². The van der Waals surface area contributed by atoms with Crippen molar-refractivity contribution in [3.8, 4) is 0 Å². The first-order valence-corrected chi connectivity index (χ1v) is 7.23. The van der Waals surface area contributed by atoms with Crippen LogP contribution in [-0.4, -0.2) is 9.79 Å². The Balaban J connectivity index is 2.30. The van der Waals surface area contributed by atoms with E-state index in [0.29, 0.717) is 6.42 Å². The molecule has 0 aliphatic rings. The van der Waals surface area contributed by atoms with Crippen LogP contribution in [0.3, 0.4) is 0 Å². The first kappa shape index (κ1) is 14.2. The zero-order chi connectivity index (χ0) is 13.7. The summed E-state index contributed by atoms with van der Waals surface area (Å²) in [7, 11) is -2.41. The Morgan fingerprint density at radius 3 is 2.00 bits per heavy atom. The Hall–Kier alpha value is -1.25. The molecule has 0 aliphatic carbocycles. The molecule has 0 saturated heterocycles. The Kier molecular flexibility index (Phi) is 4.67. The van der Waals surface area contributed by atoms with Gasteiger partial charge >= 0.3 is 8.60 Å². The molecule has 2 N–H and O–H groups in total. The average molecular weight is 276 g/mol. The van der Waals surface area contributed by atoms with Crippen LogP contribution in [0.25, 0.3) is 0 Å². The van der Waals surface area contributed by atoms with Gasteiger partial charge < -0.3 is 14.3 Å². The maximum absolute atomic E-state index is 9.23. The highest BCUT2D eigenvalue weighted by Gasteiger charge is 2.31. The van der Waals surface area contributed by atoms with Gasteiger partial charge in [-0.2, -0.15) is 0 Å². The number of hydrogen-bond acceptors (Lipinski definition) is 3. The van der Waals surface area contributed by atoms with E-state index in [1.807, 2.05) is 67.6 Å². The molecule has 19 heavy (non-hydrogen) atoms. The van der Waals surface area contributed by atoms with Gasteiger partial charge in [0.05, 0.1) is 0 Å². The van der Waals surface area contributed by atoms with Gasteiger partial charge in [-0.05, 0) is 18.1 Å². The Morgan fingerprint density at radius 2 is 1.47 bits per heavy atom. The van der Waals surface area contributed by atoms with E-state index in [1.54, 1.807) is 0 Å². The highest BCUT2D eigenvalue weighted by molar-refractivity contribution is 7.39. The normalized spacial score (nSPS) is 14.3. The zero-order valence-corrected chi connectivity index (χ0v) is 11.6. The summed E-state index contributed by atoms with van der Waals surface area (Å²) in [5.41, 5.74) is 1.26. The fourth-order valence-electron chi connectivity index (χ4n) is 2.14. The summed E-state index contributed by atoms with van der Waals surface area (Å²) >= 11 is 0. The molecule has 1 unspecified atom stereocenters. The van der Waals surface area contributed by atoms with E-state index in [2.05, 4.69) is 0 Å². The van der Waals surface area contributed by atoms with E-state index < -0.39 is 14.2 Å². The maximum atomic E-state index is 9.23. The van der Waals surface area contributed by atoms with Gasteiger partial charge in [-0.3, -0.25) is 0 Å². The first-order valence-electron chi connectivity index (χ1n) is 6.07. The van der Waals surface area contributed by atoms with Crippen LogP contribution in [0.4, 0.5) is 0 Å². The van der Waals surface area contributed by atoms with Crippen LogP contribution in [-0.2, 0) is 16.5 Å². The molecular formula is C15H17O3P. The lowest BCUT2D eigenvalue weighted by atomic mass is 9.89. The van der Waals surface area contributed by atoms with Crippen LogP contribution in [0.5, 0.6) is 0 Å². The van der Waals surface area contributed by atoms with Crippen LogP contribution < -0.4 is 0 Å². The number of rotatable bonds is 5. The van der Waals surface area contributed by atoms with Crippen molar-refractivity contribution in [2.45, 2.75) is 18.9 Å². The van der Waals surface area contributed by atoms with E-state index >= 15 is 0 Å². The predicted octanol–water partition coefficient (Wildman–Crippen LogP) is 3.37. The minimum atomic E-state index is -2.41. The van der Waals surface area contributed by atoms with E-state index in [4.69, 9.17) is 4.52 Å². The molecule has 3 nitrogen and oxygen atoms in total. The summed E-state index contributed by atoms with van der Waals surface area (Å²) < 4.78 is 5.40. The topological polar surface area (TPSA) is 49.7 Å². The molecule has 2 aromatic rings. The molecule has 0 bridgehead atoms. The van der Waals surface area contributed by atoms with Crippen molar-refractivity contribution in [2.24, 2.45) is 0 Å². The molecule has 0 saturated carbocycles. The van der Waals surface area contributed by atoms with Gasteiger partial charge in [0.25, 0.3) is 0 Å². The van der Waals surface area contributed by atoms with E-state index in [0.717, 1.165) is 11.1 Å². The fourth-order valence-corrected chi connectivity index (χ4v) is 2.67. The quantitative estimate of drug-likeness (QED) is 0.823. The van der Waals surface area contributed by atoms with Gasteiger partial charge in [-0.25, -0.2) is 0 Å². The highest BCUT2D eigenvalue weighted by Crippen LogP contribution is 2.40. The maximum Gasteiger partial charge on any atom is 0.327 e. The smallest absolute Gasteiger partial charge is 0.327 e. The SMILES string of the molecule is CC(Cc1ccccc1)(OP(O)O)c1ccccc1. The lowest BCUT2D eigenvalue weighted by Gasteiger charge is -2.30. The molecule has 2 rings (SSSR count). The standard InChI is InChI=1S/C15H17O3P/c1-15(18-19(16)17,14-10-6-3-7-11-14)12-13-8-4-2-5-9-13/h2-11,16-17H,12H2,1H3. The molecule has 0 amide bonds. The molecule has 2 aromatic carbocycles. The third kappa shape index (κ3) is 3.85. The third-order valence-corrected chi connectivity index (χ3v) is 3.62. The molecular weight excluding hydrogens is 259 g/mol. The summed E-state index contributed by atoms with van der Waals surface area (Å²) in [5, 5.41) is 0. The second kappa shape index (κ2) is 6.27. The Morgan fingerprint density at radius 1 is 0.947 bits per heavy atom. The molecule has 0 heterocycles. The number of benzene rings is 2. The summed E-state index contributed by atoms with van der Waals surface area (Å²) in [5.74, 6) is 0. The fraction of sp³-hybridized carbons (Fsp3) is 0.200. The first-order chi connectivity index (χ1) is 9.10. The molecule has 0 radical (unpaired) electrons. The largest absolute Gasteiger partial charge is 0.328 e. The van der Waals surface area contributed by atoms with Crippen molar-refractivity contribution in [3.05, 3.63) is 71.8 Å². The molecule has 1 atom stereocenters. The molecule has 100 valence electrons. The van der Waals surface area contributed by atoms with Crippen molar-refractivity contribution < 1.29 is 14.3 Å². The highest BCUT2D eigenvalue weighted by atomic mass is 31.2. The van der Waals surface area contributed by atoms with E-state index in [1.165, 1.54) is 0 Å². The van der Waals surface area contributed by atoms with Crippen molar-refractivity contribution in [3.63, 3.8) is 0 Å². The summed E-state index contributed by atoms with van der Waals surface area (Å²) in [6.45, 7) is 1.87. The molecule has 0 aliphatic heterocycles.